The number of halogens is 1. The molecule has 2 bridgehead atoms. The van der Waals surface area contributed by atoms with Crippen LogP contribution in [0, 0.1) is 0 Å². The molecule has 3 aliphatic rings. The molecule has 0 unspecified atom stereocenters. The van der Waals surface area contributed by atoms with E-state index in [0.717, 1.165) is 16.3 Å². The highest BCUT2D eigenvalue weighted by atomic mass is 35.5. The quantitative estimate of drug-likeness (QED) is 0.329. The molecule has 0 N–H and O–H groups in total. The largest absolute Gasteiger partial charge is 0.256 e. The van der Waals surface area contributed by atoms with Gasteiger partial charge in [-0.2, -0.15) is 0 Å². The van der Waals surface area contributed by atoms with Crippen LogP contribution < -0.4 is 0 Å². The SMILES string of the molecule is Clc1ccc(-c2cc3c(cn2)C2c4ccccc4C3c3ccccc32)cc1. The molecule has 128 valence electrons. The molecular weight excluding hydrogens is 350 g/mol. The van der Waals surface area contributed by atoms with Gasteiger partial charge in [-0.15, -0.1) is 0 Å². The zero-order valence-electron chi connectivity index (χ0n) is 14.6. The van der Waals surface area contributed by atoms with Crippen molar-refractivity contribution in [1.29, 1.82) is 0 Å². The molecule has 4 aromatic rings. The molecular formula is C25H16ClN. The predicted octanol–water partition coefficient (Wildman–Crippen LogP) is 6.39. The fourth-order valence-corrected chi connectivity index (χ4v) is 4.96. The topological polar surface area (TPSA) is 12.9 Å². The molecule has 0 fully saturated rings. The molecule has 0 spiro atoms. The van der Waals surface area contributed by atoms with Gasteiger partial charge in [0.05, 0.1) is 5.69 Å². The Morgan fingerprint density at radius 2 is 1.11 bits per heavy atom. The molecule has 3 aromatic carbocycles. The lowest BCUT2D eigenvalue weighted by molar-refractivity contribution is 0.749. The number of rotatable bonds is 1. The Balaban J connectivity index is 1.60. The summed E-state index contributed by atoms with van der Waals surface area (Å²) in [4.78, 5) is 4.81. The highest BCUT2D eigenvalue weighted by molar-refractivity contribution is 6.30. The number of hydrogen-bond acceptors (Lipinski definition) is 1. The van der Waals surface area contributed by atoms with E-state index in [0.29, 0.717) is 0 Å². The van der Waals surface area contributed by atoms with E-state index in [4.69, 9.17) is 16.6 Å². The molecule has 1 heterocycles. The highest BCUT2D eigenvalue weighted by Crippen LogP contribution is 2.55. The van der Waals surface area contributed by atoms with E-state index in [2.05, 4.69) is 60.8 Å². The lowest BCUT2D eigenvalue weighted by Gasteiger charge is -2.42. The van der Waals surface area contributed by atoms with Crippen LogP contribution in [0.25, 0.3) is 11.3 Å². The maximum atomic E-state index is 6.06. The summed E-state index contributed by atoms with van der Waals surface area (Å²) in [6, 6.07) is 28.0. The summed E-state index contributed by atoms with van der Waals surface area (Å²) < 4.78 is 0. The fourth-order valence-electron chi connectivity index (χ4n) is 4.83. The molecule has 1 nitrogen and oxygen atoms in total. The van der Waals surface area contributed by atoms with Crippen molar-refractivity contribution >= 4 is 11.6 Å². The fraction of sp³-hybridized carbons (Fsp3) is 0.0800. The van der Waals surface area contributed by atoms with E-state index in [1.54, 1.807) is 0 Å². The zero-order valence-corrected chi connectivity index (χ0v) is 15.3. The second-order valence-corrected chi connectivity index (χ2v) is 7.77. The normalized spacial score (nSPS) is 18.6. The van der Waals surface area contributed by atoms with Gasteiger partial charge in [-0.3, -0.25) is 4.98 Å². The van der Waals surface area contributed by atoms with Gasteiger partial charge in [0.15, 0.2) is 0 Å². The summed E-state index contributed by atoms with van der Waals surface area (Å²) in [6.07, 6.45) is 2.09. The molecule has 0 aliphatic heterocycles. The molecule has 27 heavy (non-hydrogen) atoms. The second kappa shape index (κ2) is 5.55. The van der Waals surface area contributed by atoms with Crippen molar-refractivity contribution in [2.75, 3.05) is 0 Å². The van der Waals surface area contributed by atoms with Crippen LogP contribution in [0.1, 0.15) is 45.2 Å². The molecule has 0 saturated carbocycles. The minimum Gasteiger partial charge on any atom is -0.256 e. The summed E-state index contributed by atoms with van der Waals surface area (Å²) in [5.41, 5.74) is 10.6. The first-order chi connectivity index (χ1) is 13.3. The first-order valence-electron chi connectivity index (χ1n) is 9.24. The average Bonchev–Trinajstić information content (AvgIpc) is 2.73. The first-order valence-corrected chi connectivity index (χ1v) is 9.62. The van der Waals surface area contributed by atoms with Gasteiger partial charge in [0.1, 0.15) is 0 Å². The Bertz CT molecular complexity index is 1150. The number of nitrogens with zero attached hydrogens (tertiary/aromatic N) is 1. The second-order valence-electron chi connectivity index (χ2n) is 7.33. The van der Waals surface area contributed by atoms with Crippen molar-refractivity contribution in [2.45, 2.75) is 11.8 Å². The maximum absolute atomic E-state index is 6.06. The maximum Gasteiger partial charge on any atom is 0.0705 e. The van der Waals surface area contributed by atoms with Crippen LogP contribution in [0.2, 0.25) is 5.02 Å². The zero-order chi connectivity index (χ0) is 18.0. The Morgan fingerprint density at radius 3 is 1.67 bits per heavy atom. The Labute approximate surface area is 163 Å². The van der Waals surface area contributed by atoms with Crippen LogP contribution in [0.3, 0.4) is 0 Å². The van der Waals surface area contributed by atoms with Gasteiger partial charge in [-0.1, -0.05) is 72.3 Å². The van der Waals surface area contributed by atoms with Crippen LogP contribution in [-0.4, -0.2) is 4.98 Å². The van der Waals surface area contributed by atoms with Crippen LogP contribution in [0.15, 0.2) is 85.1 Å². The summed E-state index contributed by atoms with van der Waals surface area (Å²) in [7, 11) is 0. The highest BCUT2D eigenvalue weighted by Gasteiger charge is 2.41. The van der Waals surface area contributed by atoms with Crippen LogP contribution in [0.4, 0.5) is 0 Å². The minimum absolute atomic E-state index is 0.282. The van der Waals surface area contributed by atoms with Gasteiger partial charge in [0, 0.05) is 28.6 Å². The van der Waals surface area contributed by atoms with Gasteiger partial charge in [0.2, 0.25) is 0 Å². The van der Waals surface area contributed by atoms with E-state index in [1.807, 2.05) is 24.3 Å². The van der Waals surface area contributed by atoms with Crippen molar-refractivity contribution < 1.29 is 0 Å². The predicted molar refractivity (Wildman–Crippen MR) is 109 cm³/mol. The lowest BCUT2D eigenvalue weighted by Crippen LogP contribution is -2.27. The van der Waals surface area contributed by atoms with Gasteiger partial charge < -0.3 is 0 Å². The van der Waals surface area contributed by atoms with Crippen LogP contribution >= 0.6 is 11.6 Å². The summed E-state index contributed by atoms with van der Waals surface area (Å²) >= 11 is 6.06. The average molecular weight is 366 g/mol. The van der Waals surface area contributed by atoms with E-state index in [1.165, 1.54) is 33.4 Å². The number of benzene rings is 3. The standard InChI is InChI=1S/C25H16ClN/c26-16-11-9-15(10-12-16)23-13-21-22(14-27-23)25-19-7-3-1-5-17(19)24(21)18-6-2-4-8-20(18)25/h1-14,24-25H. The smallest absolute Gasteiger partial charge is 0.0705 e. The third kappa shape index (κ3) is 2.09. The van der Waals surface area contributed by atoms with Gasteiger partial charge >= 0.3 is 0 Å². The molecule has 0 amide bonds. The monoisotopic (exact) mass is 365 g/mol. The van der Waals surface area contributed by atoms with E-state index in [9.17, 15) is 0 Å². The molecule has 0 atom stereocenters. The van der Waals surface area contributed by atoms with Crippen molar-refractivity contribution in [3.8, 4) is 11.3 Å². The molecule has 7 rings (SSSR count). The van der Waals surface area contributed by atoms with Crippen LogP contribution in [0.5, 0.6) is 0 Å². The Morgan fingerprint density at radius 1 is 0.593 bits per heavy atom. The minimum atomic E-state index is 0.282. The molecule has 2 heteroatoms. The van der Waals surface area contributed by atoms with Gasteiger partial charge in [-0.05, 0) is 51.6 Å². The Hall–Kier alpha value is -2.90. The number of pyridine rings is 1. The molecule has 1 aromatic heterocycles. The summed E-state index contributed by atoms with van der Waals surface area (Å²) in [5, 5.41) is 0.749. The van der Waals surface area contributed by atoms with E-state index < -0.39 is 0 Å². The first kappa shape index (κ1) is 15.2. The van der Waals surface area contributed by atoms with Gasteiger partial charge in [0.25, 0.3) is 0 Å². The van der Waals surface area contributed by atoms with Crippen molar-refractivity contribution in [3.63, 3.8) is 0 Å². The number of aromatic nitrogens is 1. The third-order valence-electron chi connectivity index (χ3n) is 5.97. The summed E-state index contributed by atoms with van der Waals surface area (Å²) in [6.45, 7) is 0. The van der Waals surface area contributed by atoms with Crippen molar-refractivity contribution in [2.24, 2.45) is 0 Å². The molecule has 0 saturated heterocycles. The van der Waals surface area contributed by atoms with Crippen molar-refractivity contribution in [1.82, 2.24) is 4.98 Å². The number of hydrogen-bond donors (Lipinski definition) is 0. The Kier molecular flexibility index (Phi) is 3.12. The van der Waals surface area contributed by atoms with Gasteiger partial charge in [-0.25, -0.2) is 0 Å². The molecule has 0 radical (unpaired) electrons. The molecule has 3 aliphatic carbocycles. The van der Waals surface area contributed by atoms with E-state index in [-0.39, 0.29) is 11.8 Å². The van der Waals surface area contributed by atoms with E-state index >= 15 is 0 Å². The van der Waals surface area contributed by atoms with Crippen LogP contribution in [-0.2, 0) is 0 Å². The lowest BCUT2D eigenvalue weighted by atomic mass is 9.61. The summed E-state index contributed by atoms with van der Waals surface area (Å²) in [5.74, 6) is 0.565. The third-order valence-corrected chi connectivity index (χ3v) is 6.22. The van der Waals surface area contributed by atoms with Crippen molar-refractivity contribution in [3.05, 3.63) is 123 Å².